The van der Waals surface area contributed by atoms with Crippen molar-refractivity contribution in [3.8, 4) is 11.1 Å². The Bertz CT molecular complexity index is 856. The largest absolute Gasteiger partial charge is 0.336 e. The van der Waals surface area contributed by atoms with Gasteiger partial charge in [-0.25, -0.2) is 0 Å². The van der Waals surface area contributed by atoms with Crippen LogP contribution in [0.25, 0.3) is 11.1 Å². The highest BCUT2D eigenvalue weighted by Gasteiger charge is 2.15. The molecule has 4 nitrogen and oxygen atoms in total. The van der Waals surface area contributed by atoms with Gasteiger partial charge in [-0.1, -0.05) is 54.1 Å². The minimum Gasteiger partial charge on any atom is -0.336 e. The summed E-state index contributed by atoms with van der Waals surface area (Å²) in [7, 11) is 1.76. The molecular formula is C20H20ClN3O. The van der Waals surface area contributed by atoms with Gasteiger partial charge in [0, 0.05) is 25.4 Å². The van der Waals surface area contributed by atoms with Crippen LogP contribution >= 0.6 is 11.6 Å². The fourth-order valence-electron chi connectivity index (χ4n) is 2.66. The van der Waals surface area contributed by atoms with Crippen molar-refractivity contribution in [3.05, 3.63) is 77.1 Å². The lowest BCUT2D eigenvalue weighted by atomic mass is 10.0. The number of halogens is 1. The summed E-state index contributed by atoms with van der Waals surface area (Å²) >= 11 is 6.19. The van der Waals surface area contributed by atoms with Crippen molar-refractivity contribution >= 4 is 17.5 Å². The fraction of sp³-hybridized carbons (Fsp3) is 0.200. The summed E-state index contributed by atoms with van der Waals surface area (Å²) in [4.78, 5) is 14.3. The summed E-state index contributed by atoms with van der Waals surface area (Å²) in [5, 5.41) is 4.97. The predicted octanol–water partition coefficient (Wildman–Crippen LogP) is 4.50. The third kappa shape index (κ3) is 3.91. The van der Waals surface area contributed by atoms with Crippen LogP contribution in [0.3, 0.4) is 0 Å². The van der Waals surface area contributed by atoms with Gasteiger partial charge in [-0.3, -0.25) is 9.48 Å². The number of benzene rings is 2. The molecule has 25 heavy (non-hydrogen) atoms. The van der Waals surface area contributed by atoms with E-state index in [1.54, 1.807) is 22.8 Å². The molecule has 0 spiro atoms. The first kappa shape index (κ1) is 17.2. The number of hydrogen-bond acceptors (Lipinski definition) is 2. The summed E-state index contributed by atoms with van der Waals surface area (Å²) in [6.07, 6.45) is 1.78. The molecule has 0 N–H and O–H groups in total. The van der Waals surface area contributed by atoms with Gasteiger partial charge in [-0.15, -0.1) is 0 Å². The molecule has 0 radical (unpaired) electrons. The third-order valence-electron chi connectivity index (χ3n) is 4.08. The Morgan fingerprint density at radius 3 is 2.32 bits per heavy atom. The lowest BCUT2D eigenvalue weighted by Gasteiger charge is -2.16. The van der Waals surface area contributed by atoms with E-state index in [0.29, 0.717) is 22.8 Å². The fourth-order valence-corrected chi connectivity index (χ4v) is 2.87. The molecule has 0 aliphatic rings. The number of aryl methyl sites for hydroxylation is 1. The number of aromatic nitrogens is 2. The molecule has 0 unspecified atom stereocenters. The first-order chi connectivity index (χ1) is 12.1. The Morgan fingerprint density at radius 2 is 1.72 bits per heavy atom. The second-order valence-corrected chi connectivity index (χ2v) is 6.29. The first-order valence-corrected chi connectivity index (χ1v) is 8.59. The van der Waals surface area contributed by atoms with E-state index in [2.05, 4.69) is 17.2 Å². The molecule has 0 atom stereocenters. The Morgan fingerprint density at radius 1 is 1.08 bits per heavy atom. The Hall–Kier alpha value is -2.59. The maximum absolute atomic E-state index is 12.6. The standard InChI is InChI=1S/C20H20ClN3O/c1-3-24-13-18(21)19(22-24)14-23(2)20(25)17-11-9-16(10-12-17)15-7-5-4-6-8-15/h4-13H,3,14H2,1-2H3. The van der Waals surface area contributed by atoms with Crippen molar-refractivity contribution in [1.82, 2.24) is 14.7 Å². The highest BCUT2D eigenvalue weighted by Crippen LogP contribution is 2.21. The van der Waals surface area contributed by atoms with Gasteiger partial charge in [0.15, 0.2) is 0 Å². The van der Waals surface area contributed by atoms with Crippen molar-refractivity contribution in [1.29, 1.82) is 0 Å². The van der Waals surface area contributed by atoms with Crippen molar-refractivity contribution in [2.75, 3.05) is 7.05 Å². The van der Waals surface area contributed by atoms with Gasteiger partial charge in [0.2, 0.25) is 0 Å². The van der Waals surface area contributed by atoms with Crippen LogP contribution in [-0.4, -0.2) is 27.6 Å². The van der Waals surface area contributed by atoms with E-state index in [0.717, 1.165) is 17.7 Å². The number of carbonyl (C=O) groups excluding carboxylic acids is 1. The maximum atomic E-state index is 12.6. The number of hydrogen-bond donors (Lipinski definition) is 0. The lowest BCUT2D eigenvalue weighted by Crippen LogP contribution is -2.26. The van der Waals surface area contributed by atoms with Crippen LogP contribution in [0.5, 0.6) is 0 Å². The van der Waals surface area contributed by atoms with E-state index in [9.17, 15) is 4.79 Å². The SMILES string of the molecule is CCn1cc(Cl)c(CN(C)C(=O)c2ccc(-c3ccccc3)cc2)n1. The molecule has 3 rings (SSSR count). The smallest absolute Gasteiger partial charge is 0.253 e. The van der Waals surface area contributed by atoms with Gasteiger partial charge in [-0.05, 0) is 30.2 Å². The monoisotopic (exact) mass is 353 g/mol. The molecule has 5 heteroatoms. The average molecular weight is 354 g/mol. The molecule has 0 bridgehead atoms. The molecule has 0 saturated carbocycles. The molecule has 0 aliphatic carbocycles. The summed E-state index contributed by atoms with van der Waals surface area (Å²) in [5.74, 6) is -0.0540. The van der Waals surface area contributed by atoms with Crippen LogP contribution in [0, 0.1) is 0 Å². The van der Waals surface area contributed by atoms with Gasteiger partial charge in [-0.2, -0.15) is 5.10 Å². The Kier molecular flexibility index (Phi) is 5.19. The molecule has 1 amide bonds. The van der Waals surface area contributed by atoms with Crippen molar-refractivity contribution in [2.24, 2.45) is 0 Å². The molecule has 1 heterocycles. The number of nitrogens with zero attached hydrogens (tertiary/aromatic N) is 3. The molecule has 1 aromatic heterocycles. The summed E-state index contributed by atoms with van der Waals surface area (Å²) in [6, 6.07) is 17.7. The minimum absolute atomic E-state index is 0.0540. The van der Waals surface area contributed by atoms with Crippen LogP contribution in [0.15, 0.2) is 60.8 Å². The number of amides is 1. The van der Waals surface area contributed by atoms with Crippen molar-refractivity contribution in [2.45, 2.75) is 20.0 Å². The van der Waals surface area contributed by atoms with E-state index in [1.165, 1.54) is 0 Å². The maximum Gasteiger partial charge on any atom is 0.253 e. The molecule has 3 aromatic rings. The lowest BCUT2D eigenvalue weighted by molar-refractivity contribution is 0.0783. The molecule has 128 valence electrons. The van der Waals surface area contributed by atoms with Gasteiger partial charge >= 0.3 is 0 Å². The molecule has 0 saturated heterocycles. The van der Waals surface area contributed by atoms with Crippen molar-refractivity contribution in [3.63, 3.8) is 0 Å². The Labute approximate surface area is 152 Å². The molecular weight excluding hydrogens is 334 g/mol. The highest BCUT2D eigenvalue weighted by molar-refractivity contribution is 6.31. The van der Waals surface area contributed by atoms with Crippen molar-refractivity contribution < 1.29 is 4.79 Å². The number of carbonyl (C=O) groups is 1. The quantitative estimate of drug-likeness (QED) is 0.677. The van der Waals surface area contributed by atoms with E-state index in [-0.39, 0.29) is 5.91 Å². The number of rotatable bonds is 5. The topological polar surface area (TPSA) is 38.1 Å². The van der Waals surface area contributed by atoms with Gasteiger partial charge in [0.25, 0.3) is 5.91 Å². The van der Waals surface area contributed by atoms with Crippen LogP contribution in [0.4, 0.5) is 0 Å². The van der Waals surface area contributed by atoms with Crippen LogP contribution in [0.2, 0.25) is 5.02 Å². The van der Waals surface area contributed by atoms with E-state index in [4.69, 9.17) is 11.6 Å². The van der Waals surface area contributed by atoms with E-state index in [1.807, 2.05) is 49.4 Å². The normalized spacial score (nSPS) is 10.7. The van der Waals surface area contributed by atoms with Crippen LogP contribution in [-0.2, 0) is 13.1 Å². The zero-order chi connectivity index (χ0) is 17.8. The summed E-state index contributed by atoms with van der Waals surface area (Å²) in [6.45, 7) is 3.12. The summed E-state index contributed by atoms with van der Waals surface area (Å²) < 4.78 is 1.77. The molecule has 2 aromatic carbocycles. The second-order valence-electron chi connectivity index (χ2n) is 5.88. The predicted molar refractivity (Wildman–Crippen MR) is 101 cm³/mol. The zero-order valence-corrected chi connectivity index (χ0v) is 15.1. The molecule has 0 aliphatic heterocycles. The second kappa shape index (κ2) is 7.53. The van der Waals surface area contributed by atoms with Gasteiger partial charge in [0.05, 0.1) is 11.6 Å². The third-order valence-corrected chi connectivity index (χ3v) is 4.40. The Balaban J connectivity index is 1.72. The van der Waals surface area contributed by atoms with Gasteiger partial charge in [0.1, 0.15) is 5.69 Å². The van der Waals surface area contributed by atoms with Crippen LogP contribution in [0.1, 0.15) is 23.0 Å². The van der Waals surface area contributed by atoms with Gasteiger partial charge < -0.3 is 4.90 Å². The van der Waals surface area contributed by atoms with Crippen LogP contribution < -0.4 is 0 Å². The summed E-state index contributed by atoms with van der Waals surface area (Å²) in [5.41, 5.74) is 3.57. The average Bonchev–Trinajstić information content (AvgIpc) is 3.01. The first-order valence-electron chi connectivity index (χ1n) is 8.21. The van der Waals surface area contributed by atoms with E-state index >= 15 is 0 Å². The molecule has 0 fully saturated rings. The minimum atomic E-state index is -0.0540. The zero-order valence-electron chi connectivity index (χ0n) is 14.3. The van der Waals surface area contributed by atoms with E-state index < -0.39 is 0 Å². The highest BCUT2D eigenvalue weighted by atomic mass is 35.5.